The van der Waals surface area contributed by atoms with Crippen LogP contribution in [0.1, 0.15) is 12.8 Å². The minimum Gasteiger partial charge on any atom is -0.360 e. The van der Waals surface area contributed by atoms with Crippen LogP contribution in [0.25, 0.3) is 22.3 Å². The van der Waals surface area contributed by atoms with Crippen LogP contribution in [-0.4, -0.2) is 46.2 Å². The van der Waals surface area contributed by atoms with Crippen LogP contribution in [0.4, 0.5) is 19.0 Å². The van der Waals surface area contributed by atoms with Gasteiger partial charge in [-0.25, -0.2) is 9.97 Å². The summed E-state index contributed by atoms with van der Waals surface area (Å²) in [6.07, 6.45) is 0.0529. The number of alkyl halides is 3. The molecular weight excluding hydrogens is 407 g/mol. The second kappa shape index (κ2) is 7.55. The SMILES string of the molecule is O=C(NCC(F)(F)F)[C@H]1CCCN1c1ccnc(-c2c[nH]c3ccc(Cl)cc23)n1. The number of anilines is 1. The van der Waals surface area contributed by atoms with Gasteiger partial charge in [0.2, 0.25) is 5.91 Å². The number of fused-ring (bicyclic) bond motifs is 1. The highest BCUT2D eigenvalue weighted by atomic mass is 35.5. The molecule has 0 aliphatic carbocycles. The lowest BCUT2D eigenvalue weighted by Gasteiger charge is -2.25. The normalized spacial score (nSPS) is 17.1. The largest absolute Gasteiger partial charge is 0.405 e. The summed E-state index contributed by atoms with van der Waals surface area (Å²) in [5.74, 6) is 0.285. The zero-order valence-corrected chi connectivity index (χ0v) is 15.9. The van der Waals surface area contributed by atoms with E-state index >= 15 is 0 Å². The minimum atomic E-state index is -4.45. The number of nitrogens with zero attached hydrogens (tertiary/aromatic N) is 3. The maximum atomic E-state index is 12.4. The van der Waals surface area contributed by atoms with Crippen molar-refractivity contribution in [3.63, 3.8) is 0 Å². The third-order valence-corrected chi connectivity index (χ3v) is 5.07. The van der Waals surface area contributed by atoms with Gasteiger partial charge in [-0.2, -0.15) is 13.2 Å². The van der Waals surface area contributed by atoms with E-state index in [1.165, 1.54) is 0 Å². The number of aromatic amines is 1. The van der Waals surface area contributed by atoms with Gasteiger partial charge in [0.05, 0.1) is 0 Å². The van der Waals surface area contributed by atoms with Crippen molar-refractivity contribution in [3.8, 4) is 11.4 Å². The van der Waals surface area contributed by atoms with E-state index in [1.807, 2.05) is 17.4 Å². The average molecular weight is 424 g/mol. The standard InChI is InChI=1S/C19H17ClF3N5O/c20-11-3-4-14-12(8-11)13(9-25-14)17-24-6-5-16(27-17)28-7-1-2-15(28)18(29)26-10-19(21,22)23/h3-6,8-9,15,25H,1-2,7,10H2,(H,26,29)/t15-/m1/s1. The maximum absolute atomic E-state index is 12.4. The van der Waals surface area contributed by atoms with E-state index in [9.17, 15) is 18.0 Å². The predicted molar refractivity (Wildman–Crippen MR) is 104 cm³/mol. The molecule has 10 heteroatoms. The Kier molecular flexibility index (Phi) is 5.08. The molecule has 2 aromatic heterocycles. The van der Waals surface area contributed by atoms with Gasteiger partial charge in [-0.1, -0.05) is 11.6 Å². The summed E-state index contributed by atoms with van der Waals surface area (Å²) in [6.45, 7) is -0.818. The molecule has 6 nitrogen and oxygen atoms in total. The van der Waals surface area contributed by atoms with E-state index < -0.39 is 24.7 Å². The Bertz CT molecular complexity index is 1050. The fraction of sp³-hybridized carbons (Fsp3) is 0.316. The number of amides is 1. The zero-order valence-electron chi connectivity index (χ0n) is 15.1. The number of carbonyl (C=O) groups excluding carboxylic acids is 1. The lowest BCUT2D eigenvalue weighted by Crippen LogP contribution is -2.46. The minimum absolute atomic E-state index is 0.442. The summed E-state index contributed by atoms with van der Waals surface area (Å²) in [4.78, 5) is 26.0. The summed E-state index contributed by atoms with van der Waals surface area (Å²) in [6, 6.07) is 6.39. The Balaban J connectivity index is 1.61. The van der Waals surface area contributed by atoms with Crippen LogP contribution in [-0.2, 0) is 4.79 Å². The average Bonchev–Trinajstić information content (AvgIpc) is 3.32. The molecule has 1 aliphatic heterocycles. The molecule has 1 saturated heterocycles. The molecule has 0 unspecified atom stereocenters. The molecule has 1 aliphatic rings. The topological polar surface area (TPSA) is 73.9 Å². The molecular formula is C19H17ClF3N5O. The number of halogens is 4. The van der Waals surface area contributed by atoms with Gasteiger partial charge in [0, 0.05) is 40.4 Å². The molecule has 0 saturated carbocycles. The first-order valence-corrected chi connectivity index (χ1v) is 9.41. The number of nitrogens with one attached hydrogen (secondary N) is 2. The summed E-state index contributed by atoms with van der Waals surface area (Å²) >= 11 is 6.10. The van der Waals surface area contributed by atoms with Gasteiger partial charge >= 0.3 is 6.18 Å². The Morgan fingerprint density at radius 3 is 2.97 bits per heavy atom. The second-order valence-corrected chi connectivity index (χ2v) is 7.25. The number of benzene rings is 1. The number of aromatic nitrogens is 3. The van der Waals surface area contributed by atoms with Gasteiger partial charge in [-0.05, 0) is 37.1 Å². The lowest BCUT2D eigenvalue weighted by atomic mass is 10.1. The van der Waals surface area contributed by atoms with Crippen molar-refractivity contribution < 1.29 is 18.0 Å². The highest BCUT2D eigenvalue weighted by Crippen LogP contribution is 2.31. The number of hydrogen-bond donors (Lipinski definition) is 2. The van der Waals surface area contributed by atoms with Crippen LogP contribution in [0, 0.1) is 0 Å². The van der Waals surface area contributed by atoms with Crippen molar-refractivity contribution in [1.29, 1.82) is 0 Å². The lowest BCUT2D eigenvalue weighted by molar-refractivity contribution is -0.139. The first kappa shape index (κ1) is 19.5. The Morgan fingerprint density at radius 2 is 2.17 bits per heavy atom. The van der Waals surface area contributed by atoms with Gasteiger partial charge < -0.3 is 15.2 Å². The van der Waals surface area contributed by atoms with Crippen LogP contribution in [0.2, 0.25) is 5.02 Å². The van der Waals surface area contributed by atoms with Gasteiger partial charge in [0.15, 0.2) is 5.82 Å². The van der Waals surface area contributed by atoms with Gasteiger partial charge in [0.25, 0.3) is 0 Å². The highest BCUT2D eigenvalue weighted by Gasteiger charge is 2.35. The van der Waals surface area contributed by atoms with Crippen LogP contribution in [0.3, 0.4) is 0 Å². The van der Waals surface area contributed by atoms with E-state index in [1.54, 1.807) is 29.4 Å². The second-order valence-electron chi connectivity index (χ2n) is 6.82. The quantitative estimate of drug-likeness (QED) is 0.667. The van der Waals surface area contributed by atoms with Crippen LogP contribution >= 0.6 is 11.6 Å². The molecule has 0 spiro atoms. The molecule has 3 heterocycles. The third-order valence-electron chi connectivity index (χ3n) is 4.84. The van der Waals surface area contributed by atoms with Gasteiger partial charge in [-0.15, -0.1) is 0 Å². The molecule has 4 rings (SSSR count). The van der Waals surface area contributed by atoms with E-state index in [0.29, 0.717) is 36.1 Å². The molecule has 3 aromatic rings. The van der Waals surface area contributed by atoms with Crippen molar-refractivity contribution >= 4 is 34.2 Å². The molecule has 1 amide bonds. The monoisotopic (exact) mass is 423 g/mol. The Morgan fingerprint density at radius 1 is 1.34 bits per heavy atom. The number of hydrogen-bond acceptors (Lipinski definition) is 4. The van der Waals surface area contributed by atoms with Crippen molar-refractivity contribution in [3.05, 3.63) is 41.7 Å². The predicted octanol–water partition coefficient (Wildman–Crippen LogP) is 3.93. The van der Waals surface area contributed by atoms with Crippen molar-refractivity contribution in [2.45, 2.75) is 25.1 Å². The molecule has 2 N–H and O–H groups in total. The van der Waals surface area contributed by atoms with Crippen molar-refractivity contribution in [2.24, 2.45) is 0 Å². The number of H-pyrrole nitrogens is 1. The summed E-state index contributed by atoms with van der Waals surface area (Å²) in [5.41, 5.74) is 1.63. The Hall–Kier alpha value is -2.81. The molecule has 1 fully saturated rings. The first-order valence-electron chi connectivity index (χ1n) is 9.03. The summed E-state index contributed by atoms with van der Waals surface area (Å²) < 4.78 is 37.3. The smallest absolute Gasteiger partial charge is 0.360 e. The molecule has 152 valence electrons. The van der Waals surface area contributed by atoms with Crippen molar-refractivity contribution in [1.82, 2.24) is 20.3 Å². The van der Waals surface area contributed by atoms with Crippen LogP contribution in [0.15, 0.2) is 36.7 Å². The van der Waals surface area contributed by atoms with Crippen LogP contribution < -0.4 is 10.2 Å². The van der Waals surface area contributed by atoms with E-state index in [0.717, 1.165) is 16.5 Å². The zero-order chi connectivity index (χ0) is 20.6. The van der Waals surface area contributed by atoms with E-state index in [-0.39, 0.29) is 0 Å². The molecule has 1 atom stereocenters. The summed E-state index contributed by atoms with van der Waals surface area (Å²) in [5, 5.41) is 3.40. The number of rotatable bonds is 4. The molecule has 0 radical (unpaired) electrons. The maximum Gasteiger partial charge on any atom is 0.405 e. The van der Waals surface area contributed by atoms with Gasteiger partial charge in [0.1, 0.15) is 18.4 Å². The summed E-state index contributed by atoms with van der Waals surface area (Å²) in [7, 11) is 0. The highest BCUT2D eigenvalue weighted by molar-refractivity contribution is 6.31. The third kappa shape index (κ3) is 4.14. The molecule has 0 bridgehead atoms. The van der Waals surface area contributed by atoms with E-state index in [2.05, 4.69) is 15.0 Å². The van der Waals surface area contributed by atoms with Crippen molar-refractivity contribution in [2.75, 3.05) is 18.0 Å². The Labute approximate surface area is 169 Å². The van der Waals surface area contributed by atoms with Crippen LogP contribution in [0.5, 0.6) is 0 Å². The fourth-order valence-corrected chi connectivity index (χ4v) is 3.71. The van der Waals surface area contributed by atoms with Gasteiger partial charge in [-0.3, -0.25) is 4.79 Å². The molecule has 1 aromatic carbocycles. The fourth-order valence-electron chi connectivity index (χ4n) is 3.54. The molecule has 29 heavy (non-hydrogen) atoms. The van der Waals surface area contributed by atoms with E-state index in [4.69, 9.17) is 11.6 Å². The first-order chi connectivity index (χ1) is 13.8. The number of carbonyl (C=O) groups is 1.